The van der Waals surface area contributed by atoms with Crippen molar-refractivity contribution in [3.05, 3.63) is 89.0 Å². The van der Waals surface area contributed by atoms with Crippen LogP contribution in [0.25, 0.3) is 5.57 Å². The number of imide groups is 1. The molecule has 32 heavy (non-hydrogen) atoms. The molecular formula is C27H26N2O3. The van der Waals surface area contributed by atoms with Gasteiger partial charge in [0.05, 0.1) is 5.41 Å². The summed E-state index contributed by atoms with van der Waals surface area (Å²) in [5, 5.41) is 0. The van der Waals surface area contributed by atoms with Crippen molar-refractivity contribution in [2.45, 2.75) is 32.7 Å². The van der Waals surface area contributed by atoms with E-state index in [9.17, 15) is 14.4 Å². The lowest BCUT2D eigenvalue weighted by Crippen LogP contribution is -2.49. The molecule has 2 aromatic rings. The van der Waals surface area contributed by atoms with E-state index in [1.807, 2.05) is 80.6 Å². The number of nitrogens with zero attached hydrogens (tertiary/aromatic N) is 2. The van der Waals surface area contributed by atoms with Gasteiger partial charge >= 0.3 is 6.03 Å². The summed E-state index contributed by atoms with van der Waals surface area (Å²) in [6.07, 6.45) is 2.48. The Morgan fingerprint density at radius 1 is 0.875 bits per heavy atom. The Hall–Kier alpha value is -3.47. The van der Waals surface area contributed by atoms with Crippen LogP contribution in [0, 0.1) is 5.41 Å². The first-order chi connectivity index (χ1) is 15.2. The van der Waals surface area contributed by atoms with Crippen molar-refractivity contribution in [2.24, 2.45) is 5.41 Å². The molecule has 2 aliphatic heterocycles. The number of fused-ring (bicyclic) bond motifs is 2. The third-order valence-electron chi connectivity index (χ3n) is 7.07. The van der Waals surface area contributed by atoms with Crippen LogP contribution in [0.4, 0.5) is 4.79 Å². The fraction of sp³-hybridized carbons (Fsp3) is 0.296. The second-order valence-corrected chi connectivity index (χ2v) is 9.44. The number of rotatable bonds is 4. The highest BCUT2D eigenvalue weighted by Crippen LogP contribution is 2.52. The number of carbonyl (C=O) groups is 3. The molecule has 162 valence electrons. The predicted octanol–water partition coefficient (Wildman–Crippen LogP) is 4.25. The summed E-state index contributed by atoms with van der Waals surface area (Å²) < 4.78 is 0. The Kier molecular flexibility index (Phi) is 4.48. The predicted molar refractivity (Wildman–Crippen MR) is 123 cm³/mol. The Morgan fingerprint density at radius 2 is 1.50 bits per heavy atom. The summed E-state index contributed by atoms with van der Waals surface area (Å²) in [5.74, 6) is -0.183. The molecule has 0 bridgehead atoms. The summed E-state index contributed by atoms with van der Waals surface area (Å²) in [7, 11) is 0. The molecule has 2 heterocycles. The van der Waals surface area contributed by atoms with Crippen molar-refractivity contribution >= 4 is 23.3 Å². The van der Waals surface area contributed by atoms with E-state index in [0.717, 1.165) is 22.3 Å². The van der Waals surface area contributed by atoms with E-state index in [1.54, 1.807) is 11.8 Å². The quantitative estimate of drug-likeness (QED) is 0.687. The van der Waals surface area contributed by atoms with E-state index in [-0.39, 0.29) is 24.3 Å². The van der Waals surface area contributed by atoms with E-state index >= 15 is 0 Å². The van der Waals surface area contributed by atoms with E-state index < -0.39 is 11.0 Å². The van der Waals surface area contributed by atoms with Gasteiger partial charge in [-0.3, -0.25) is 14.5 Å². The first-order valence-electron chi connectivity index (χ1n) is 11.0. The lowest BCUT2D eigenvalue weighted by atomic mass is 9.78. The van der Waals surface area contributed by atoms with Gasteiger partial charge in [0.15, 0.2) is 5.78 Å². The van der Waals surface area contributed by atoms with Gasteiger partial charge in [0, 0.05) is 18.7 Å². The third-order valence-corrected chi connectivity index (χ3v) is 7.07. The van der Waals surface area contributed by atoms with Crippen LogP contribution in [-0.4, -0.2) is 46.1 Å². The molecule has 5 rings (SSSR count). The number of hydrogen-bond acceptors (Lipinski definition) is 3. The summed E-state index contributed by atoms with van der Waals surface area (Å²) in [6.45, 7) is 6.20. The summed E-state index contributed by atoms with van der Waals surface area (Å²) >= 11 is 0. The van der Waals surface area contributed by atoms with E-state index in [4.69, 9.17) is 0 Å². The average molecular weight is 427 g/mol. The molecule has 1 atom stereocenters. The first-order valence-corrected chi connectivity index (χ1v) is 11.0. The van der Waals surface area contributed by atoms with Crippen molar-refractivity contribution in [3.8, 4) is 0 Å². The smallest absolute Gasteiger partial charge is 0.302 e. The highest BCUT2D eigenvalue weighted by molar-refractivity contribution is 6.29. The van der Waals surface area contributed by atoms with Gasteiger partial charge in [0.25, 0.3) is 5.91 Å². The molecule has 1 fully saturated rings. The fourth-order valence-corrected chi connectivity index (χ4v) is 5.14. The summed E-state index contributed by atoms with van der Waals surface area (Å²) in [5.41, 5.74) is 2.51. The number of carbonyl (C=O) groups excluding carboxylic acids is 3. The largest absolute Gasteiger partial charge is 0.328 e. The van der Waals surface area contributed by atoms with Crippen molar-refractivity contribution in [1.82, 2.24) is 9.80 Å². The molecule has 1 saturated heterocycles. The lowest BCUT2D eigenvalue weighted by molar-refractivity contribution is -0.130. The van der Waals surface area contributed by atoms with Crippen LogP contribution in [0.1, 0.15) is 31.9 Å². The average Bonchev–Trinajstić information content (AvgIpc) is 3.10. The van der Waals surface area contributed by atoms with Gasteiger partial charge in [0.2, 0.25) is 0 Å². The first kappa shape index (κ1) is 20.4. The van der Waals surface area contributed by atoms with Crippen LogP contribution in [0.3, 0.4) is 0 Å². The Labute approximate surface area is 188 Å². The highest BCUT2D eigenvalue weighted by Gasteiger charge is 2.58. The molecule has 2 aromatic carbocycles. The number of benzene rings is 2. The number of amides is 3. The zero-order valence-electron chi connectivity index (χ0n) is 18.6. The molecule has 3 aliphatic rings. The maximum absolute atomic E-state index is 13.4. The minimum Gasteiger partial charge on any atom is -0.302 e. The third kappa shape index (κ3) is 2.80. The van der Waals surface area contributed by atoms with Crippen molar-refractivity contribution in [1.29, 1.82) is 0 Å². The van der Waals surface area contributed by atoms with E-state index in [1.165, 1.54) is 4.90 Å². The minimum absolute atomic E-state index is 0.0376. The number of ketones is 1. The van der Waals surface area contributed by atoms with Crippen LogP contribution in [-0.2, 0) is 16.0 Å². The highest BCUT2D eigenvalue weighted by atomic mass is 16.2. The maximum atomic E-state index is 13.4. The number of urea groups is 1. The van der Waals surface area contributed by atoms with Crippen molar-refractivity contribution < 1.29 is 14.4 Å². The maximum Gasteiger partial charge on any atom is 0.328 e. The monoisotopic (exact) mass is 426 g/mol. The standard InChI is InChI=1S/C27H26N2O3/c1-26(2)21-16-27(3)24(31)28(15-14-18-10-6-4-7-11-18)25(32)29(27)17-20(21)22(23(26)30)19-12-8-5-9-13-19/h4-13,16H,14-15,17H2,1-3H3. The molecule has 0 radical (unpaired) electrons. The summed E-state index contributed by atoms with van der Waals surface area (Å²) in [6, 6.07) is 19.2. The Morgan fingerprint density at radius 3 is 2.16 bits per heavy atom. The Bertz CT molecular complexity index is 1190. The number of Topliss-reactive ketones (excluding diaryl/α,β-unsaturated/α-hetero) is 1. The van der Waals surface area contributed by atoms with Crippen molar-refractivity contribution in [3.63, 3.8) is 0 Å². The van der Waals surface area contributed by atoms with Gasteiger partial charge in [-0.15, -0.1) is 0 Å². The van der Waals surface area contributed by atoms with Gasteiger partial charge in [-0.05, 0) is 55.5 Å². The molecule has 0 aromatic heterocycles. The van der Waals surface area contributed by atoms with Gasteiger partial charge in [-0.2, -0.15) is 0 Å². The van der Waals surface area contributed by atoms with Crippen molar-refractivity contribution in [2.75, 3.05) is 13.1 Å². The number of hydrogen-bond donors (Lipinski definition) is 0. The minimum atomic E-state index is -1.07. The molecule has 0 spiro atoms. The zero-order chi connectivity index (χ0) is 22.7. The molecule has 5 nitrogen and oxygen atoms in total. The fourth-order valence-electron chi connectivity index (χ4n) is 5.14. The molecule has 0 saturated carbocycles. The molecule has 1 unspecified atom stereocenters. The van der Waals surface area contributed by atoms with Crippen LogP contribution >= 0.6 is 0 Å². The lowest BCUT2D eigenvalue weighted by Gasteiger charge is -2.37. The second-order valence-electron chi connectivity index (χ2n) is 9.44. The van der Waals surface area contributed by atoms with Gasteiger partial charge < -0.3 is 4.90 Å². The molecule has 1 aliphatic carbocycles. The van der Waals surface area contributed by atoms with Crippen LogP contribution in [0.5, 0.6) is 0 Å². The molecular weight excluding hydrogens is 400 g/mol. The topological polar surface area (TPSA) is 57.7 Å². The zero-order valence-corrected chi connectivity index (χ0v) is 18.6. The molecule has 5 heteroatoms. The summed E-state index contributed by atoms with van der Waals surface area (Å²) in [4.78, 5) is 43.2. The van der Waals surface area contributed by atoms with E-state index in [0.29, 0.717) is 18.5 Å². The van der Waals surface area contributed by atoms with Crippen LogP contribution < -0.4 is 0 Å². The van der Waals surface area contributed by atoms with E-state index in [2.05, 4.69) is 0 Å². The normalized spacial score (nSPS) is 24.1. The van der Waals surface area contributed by atoms with Crippen LogP contribution in [0.2, 0.25) is 0 Å². The number of allylic oxidation sites excluding steroid dienone is 1. The van der Waals surface area contributed by atoms with Crippen LogP contribution in [0.15, 0.2) is 77.9 Å². The Balaban J connectivity index is 1.54. The molecule has 0 N–H and O–H groups in total. The molecule has 3 amide bonds. The second kappa shape index (κ2) is 7.02. The van der Waals surface area contributed by atoms with Gasteiger partial charge in [-0.25, -0.2) is 4.79 Å². The van der Waals surface area contributed by atoms with Gasteiger partial charge in [-0.1, -0.05) is 60.7 Å². The SMILES string of the molecule is CC1(C)C(=O)C(c2ccccc2)=C2CN3C(=O)N(CCc4ccccc4)C(=O)C3(C)C=C21. The van der Waals surface area contributed by atoms with Gasteiger partial charge in [0.1, 0.15) is 5.54 Å².